The SMILES string of the molecule is CCC(C)(CC(C)C(C)=O)NC(=O)OCCOC(=O)c1cccnc1. The Morgan fingerprint density at radius 3 is 2.52 bits per heavy atom. The molecule has 0 aliphatic carbocycles. The van der Waals surface area contributed by atoms with Crippen molar-refractivity contribution in [2.75, 3.05) is 13.2 Å². The van der Waals surface area contributed by atoms with Crippen LogP contribution in [0.25, 0.3) is 0 Å². The normalized spacial score (nSPS) is 14.1. The van der Waals surface area contributed by atoms with Gasteiger partial charge in [0.1, 0.15) is 19.0 Å². The summed E-state index contributed by atoms with van der Waals surface area (Å²) in [5, 5.41) is 2.78. The van der Waals surface area contributed by atoms with E-state index in [0.717, 1.165) is 0 Å². The fourth-order valence-corrected chi connectivity index (χ4v) is 2.22. The van der Waals surface area contributed by atoms with Gasteiger partial charge in [0.2, 0.25) is 0 Å². The summed E-state index contributed by atoms with van der Waals surface area (Å²) >= 11 is 0. The average Bonchev–Trinajstić information content (AvgIpc) is 2.59. The van der Waals surface area contributed by atoms with Gasteiger partial charge in [0, 0.05) is 23.9 Å². The molecule has 0 bridgehead atoms. The van der Waals surface area contributed by atoms with Crippen molar-refractivity contribution in [1.29, 1.82) is 0 Å². The second-order valence-corrected chi connectivity index (χ2v) is 6.27. The van der Waals surface area contributed by atoms with E-state index in [1.54, 1.807) is 18.3 Å². The minimum absolute atomic E-state index is 0.0478. The maximum absolute atomic E-state index is 11.9. The number of nitrogens with zero attached hydrogens (tertiary/aromatic N) is 1. The second kappa shape index (κ2) is 9.76. The van der Waals surface area contributed by atoms with E-state index in [4.69, 9.17) is 9.47 Å². The maximum atomic E-state index is 11.9. The number of hydrogen-bond acceptors (Lipinski definition) is 6. The smallest absolute Gasteiger partial charge is 0.407 e. The molecule has 1 amide bonds. The van der Waals surface area contributed by atoms with E-state index in [-0.39, 0.29) is 24.9 Å². The highest BCUT2D eigenvalue weighted by Gasteiger charge is 2.28. The van der Waals surface area contributed by atoms with Crippen LogP contribution < -0.4 is 5.32 Å². The summed E-state index contributed by atoms with van der Waals surface area (Å²) in [6.07, 6.45) is 3.55. The Kier molecular flexibility index (Phi) is 8.04. The predicted octanol–water partition coefficient (Wildman–Crippen LogP) is 2.75. The monoisotopic (exact) mass is 350 g/mol. The van der Waals surface area contributed by atoms with Crippen LogP contribution in [0.15, 0.2) is 24.5 Å². The third-order valence-corrected chi connectivity index (χ3v) is 4.08. The zero-order valence-electron chi connectivity index (χ0n) is 15.2. The summed E-state index contributed by atoms with van der Waals surface area (Å²) in [5.74, 6) is -0.589. The molecule has 1 aromatic rings. The molecule has 0 fully saturated rings. The molecule has 1 rings (SSSR count). The van der Waals surface area contributed by atoms with E-state index in [1.807, 2.05) is 20.8 Å². The lowest BCUT2D eigenvalue weighted by atomic mass is 9.86. The quantitative estimate of drug-likeness (QED) is 0.543. The summed E-state index contributed by atoms with van der Waals surface area (Å²) in [6.45, 7) is 7.07. The van der Waals surface area contributed by atoms with Gasteiger partial charge < -0.3 is 14.8 Å². The molecule has 2 atom stereocenters. The van der Waals surface area contributed by atoms with Crippen LogP contribution in [-0.2, 0) is 14.3 Å². The van der Waals surface area contributed by atoms with Crippen molar-refractivity contribution in [3.05, 3.63) is 30.1 Å². The first kappa shape index (κ1) is 20.6. The molecule has 0 aliphatic heterocycles. The van der Waals surface area contributed by atoms with Crippen molar-refractivity contribution in [3.63, 3.8) is 0 Å². The largest absolute Gasteiger partial charge is 0.458 e. The number of carbonyl (C=O) groups is 3. The van der Waals surface area contributed by atoms with Crippen molar-refractivity contribution in [2.24, 2.45) is 5.92 Å². The van der Waals surface area contributed by atoms with Crippen LogP contribution >= 0.6 is 0 Å². The van der Waals surface area contributed by atoms with Gasteiger partial charge in [-0.05, 0) is 38.8 Å². The van der Waals surface area contributed by atoms with E-state index in [1.165, 1.54) is 13.1 Å². The molecular formula is C18H26N2O5. The number of hydrogen-bond donors (Lipinski definition) is 1. The molecule has 2 unspecified atom stereocenters. The highest BCUT2D eigenvalue weighted by atomic mass is 16.6. The minimum atomic E-state index is -0.600. The molecule has 25 heavy (non-hydrogen) atoms. The van der Waals surface area contributed by atoms with Crippen molar-refractivity contribution < 1.29 is 23.9 Å². The molecule has 7 heteroatoms. The first-order valence-corrected chi connectivity index (χ1v) is 8.30. The van der Waals surface area contributed by atoms with E-state index in [9.17, 15) is 14.4 Å². The maximum Gasteiger partial charge on any atom is 0.407 e. The first-order chi connectivity index (χ1) is 11.8. The number of rotatable bonds is 9. The number of pyridine rings is 1. The fraction of sp³-hybridized carbons (Fsp3) is 0.556. The van der Waals surface area contributed by atoms with Crippen molar-refractivity contribution in [3.8, 4) is 0 Å². The van der Waals surface area contributed by atoms with Gasteiger partial charge in [-0.2, -0.15) is 0 Å². The van der Waals surface area contributed by atoms with Gasteiger partial charge in [-0.3, -0.25) is 9.78 Å². The molecule has 1 N–H and O–H groups in total. The predicted molar refractivity (Wildman–Crippen MR) is 92.2 cm³/mol. The standard InChI is InChI=1S/C18H26N2O5/c1-5-18(4,11-13(2)14(3)21)20-17(23)25-10-9-24-16(22)15-7-6-8-19-12-15/h6-8,12-13H,5,9-11H2,1-4H3,(H,20,23). The average molecular weight is 350 g/mol. The summed E-state index contributed by atoms with van der Waals surface area (Å²) in [5.41, 5.74) is -0.196. The Labute approximate surface area is 148 Å². The van der Waals surface area contributed by atoms with Crippen molar-refractivity contribution >= 4 is 17.8 Å². The van der Waals surface area contributed by atoms with Crippen molar-refractivity contribution in [2.45, 2.75) is 46.1 Å². The molecule has 0 spiro atoms. The van der Waals surface area contributed by atoms with Crippen LogP contribution in [0.4, 0.5) is 4.79 Å². The molecule has 0 aromatic carbocycles. The molecule has 0 radical (unpaired) electrons. The van der Waals surface area contributed by atoms with Gasteiger partial charge in [0.15, 0.2) is 0 Å². The first-order valence-electron chi connectivity index (χ1n) is 8.30. The van der Waals surface area contributed by atoms with Gasteiger partial charge in [0.25, 0.3) is 0 Å². The molecule has 0 saturated heterocycles. The van der Waals surface area contributed by atoms with Crippen LogP contribution in [0.1, 0.15) is 50.9 Å². The molecular weight excluding hydrogens is 324 g/mol. The third kappa shape index (κ3) is 7.32. The molecule has 0 saturated carbocycles. The summed E-state index contributed by atoms with van der Waals surface area (Å²) in [4.78, 5) is 38.9. The van der Waals surface area contributed by atoms with Crippen LogP contribution in [0.3, 0.4) is 0 Å². The number of ether oxygens (including phenoxy) is 2. The van der Waals surface area contributed by atoms with E-state index in [2.05, 4.69) is 10.3 Å². The molecule has 138 valence electrons. The van der Waals surface area contributed by atoms with Gasteiger partial charge in [-0.1, -0.05) is 13.8 Å². The van der Waals surface area contributed by atoms with Crippen LogP contribution in [0.2, 0.25) is 0 Å². The topological polar surface area (TPSA) is 94.6 Å². The Morgan fingerprint density at radius 2 is 1.96 bits per heavy atom. The fourth-order valence-electron chi connectivity index (χ4n) is 2.22. The van der Waals surface area contributed by atoms with E-state index >= 15 is 0 Å². The number of ketones is 1. The molecule has 1 heterocycles. The summed E-state index contributed by atoms with van der Waals surface area (Å²) < 4.78 is 10.0. The van der Waals surface area contributed by atoms with Crippen LogP contribution in [0.5, 0.6) is 0 Å². The molecule has 7 nitrogen and oxygen atoms in total. The number of aromatic nitrogens is 1. The lowest BCUT2D eigenvalue weighted by Gasteiger charge is -2.31. The number of nitrogens with one attached hydrogen (secondary N) is 1. The van der Waals surface area contributed by atoms with Crippen molar-refractivity contribution in [1.82, 2.24) is 10.3 Å². The number of alkyl carbamates (subject to hydrolysis) is 1. The Bertz CT molecular complexity index is 590. The van der Waals surface area contributed by atoms with Crippen LogP contribution in [0, 0.1) is 5.92 Å². The third-order valence-electron chi connectivity index (χ3n) is 4.08. The zero-order chi connectivity index (χ0) is 18.9. The zero-order valence-corrected chi connectivity index (χ0v) is 15.2. The van der Waals surface area contributed by atoms with Gasteiger partial charge in [0.05, 0.1) is 5.56 Å². The molecule has 1 aromatic heterocycles. The highest BCUT2D eigenvalue weighted by molar-refractivity contribution is 5.88. The Morgan fingerprint density at radius 1 is 1.28 bits per heavy atom. The lowest BCUT2D eigenvalue weighted by molar-refractivity contribution is -0.120. The minimum Gasteiger partial charge on any atom is -0.458 e. The van der Waals surface area contributed by atoms with E-state index < -0.39 is 17.6 Å². The van der Waals surface area contributed by atoms with E-state index in [0.29, 0.717) is 18.4 Å². The molecule has 0 aliphatic rings. The Balaban J connectivity index is 2.36. The number of amides is 1. The highest BCUT2D eigenvalue weighted by Crippen LogP contribution is 2.21. The van der Waals surface area contributed by atoms with Crippen LogP contribution in [-0.4, -0.2) is 41.6 Å². The summed E-state index contributed by atoms with van der Waals surface area (Å²) in [6, 6.07) is 3.22. The number of Topliss-reactive ketones (excluding diaryl/α,β-unsaturated/α-hetero) is 1. The number of carbonyl (C=O) groups excluding carboxylic acids is 3. The van der Waals surface area contributed by atoms with Gasteiger partial charge >= 0.3 is 12.1 Å². The number of esters is 1. The lowest BCUT2D eigenvalue weighted by Crippen LogP contribution is -2.47. The van der Waals surface area contributed by atoms with Gasteiger partial charge in [-0.25, -0.2) is 9.59 Å². The Hall–Kier alpha value is -2.44. The summed E-state index contributed by atoms with van der Waals surface area (Å²) in [7, 11) is 0. The van der Waals surface area contributed by atoms with Gasteiger partial charge in [-0.15, -0.1) is 0 Å². The second-order valence-electron chi connectivity index (χ2n) is 6.27.